The van der Waals surface area contributed by atoms with Gasteiger partial charge in [-0.2, -0.15) is 0 Å². The summed E-state index contributed by atoms with van der Waals surface area (Å²) in [6.45, 7) is -0.260. The topological polar surface area (TPSA) is 83.6 Å². The number of anilines is 1. The van der Waals surface area contributed by atoms with Crippen LogP contribution in [0.1, 0.15) is 12.0 Å². The number of para-hydroxylation sites is 1. The van der Waals surface area contributed by atoms with Gasteiger partial charge < -0.3 is 10.2 Å². The van der Waals surface area contributed by atoms with E-state index in [-0.39, 0.29) is 12.3 Å². The van der Waals surface area contributed by atoms with Crippen LogP contribution in [0.5, 0.6) is 0 Å². The molecule has 0 saturated heterocycles. The van der Waals surface area contributed by atoms with Gasteiger partial charge in [-0.1, -0.05) is 54.1 Å². The Bertz CT molecular complexity index is 917. The molecule has 0 aliphatic heterocycles. The van der Waals surface area contributed by atoms with Gasteiger partial charge in [-0.25, -0.2) is 8.42 Å². The van der Waals surface area contributed by atoms with Crippen molar-refractivity contribution in [2.45, 2.75) is 12.8 Å². The number of nitrogens with one attached hydrogen (secondary N) is 1. The van der Waals surface area contributed by atoms with Gasteiger partial charge in [0.15, 0.2) is 9.84 Å². The summed E-state index contributed by atoms with van der Waals surface area (Å²) in [4.78, 5) is 25.3. The molecular weight excluding hydrogens is 400 g/mol. The van der Waals surface area contributed by atoms with Crippen LogP contribution in [0.3, 0.4) is 0 Å². The van der Waals surface area contributed by atoms with Gasteiger partial charge >= 0.3 is 0 Å². The molecule has 0 heterocycles. The van der Waals surface area contributed by atoms with Crippen molar-refractivity contribution in [3.63, 3.8) is 0 Å². The van der Waals surface area contributed by atoms with Crippen LogP contribution in [-0.2, 0) is 25.8 Å². The molecule has 0 aliphatic carbocycles. The van der Waals surface area contributed by atoms with E-state index in [1.807, 2.05) is 30.3 Å². The van der Waals surface area contributed by atoms with Gasteiger partial charge in [0.25, 0.3) is 0 Å². The Morgan fingerprint density at radius 1 is 1.04 bits per heavy atom. The van der Waals surface area contributed by atoms with Crippen molar-refractivity contribution in [1.82, 2.24) is 4.90 Å². The molecule has 0 radical (unpaired) electrons. The lowest BCUT2D eigenvalue weighted by Gasteiger charge is -2.17. The third-order valence-corrected chi connectivity index (χ3v) is 5.99. The maximum atomic E-state index is 12.2. The number of sulfone groups is 1. The second-order valence-electron chi connectivity index (χ2n) is 6.46. The predicted molar refractivity (Wildman–Crippen MR) is 111 cm³/mol. The Balaban J connectivity index is 1.80. The van der Waals surface area contributed by atoms with Crippen LogP contribution in [0, 0.1) is 0 Å². The quantitative estimate of drug-likeness (QED) is 0.673. The van der Waals surface area contributed by atoms with Gasteiger partial charge in [-0.3, -0.25) is 9.59 Å². The summed E-state index contributed by atoms with van der Waals surface area (Å²) in [5, 5.41) is 2.98. The standard InChI is InChI=1S/C20H23ClN2O4S/c1-23(14-19(24)22-18-12-6-5-11-17(18)21)20(25)15-28(26,27)13-7-10-16-8-3-2-4-9-16/h2-6,8-9,11-12H,7,10,13-15H2,1H3,(H,22,24). The highest BCUT2D eigenvalue weighted by molar-refractivity contribution is 7.92. The zero-order chi connectivity index (χ0) is 20.6. The van der Waals surface area contributed by atoms with Crippen LogP contribution >= 0.6 is 11.6 Å². The van der Waals surface area contributed by atoms with E-state index in [2.05, 4.69) is 5.32 Å². The first-order valence-corrected chi connectivity index (χ1v) is 11.0. The van der Waals surface area contributed by atoms with E-state index in [0.717, 1.165) is 10.5 Å². The summed E-state index contributed by atoms with van der Waals surface area (Å²) in [6.07, 6.45) is 1.07. The molecule has 150 valence electrons. The number of rotatable bonds is 9. The minimum atomic E-state index is -3.54. The number of carbonyl (C=O) groups is 2. The number of aryl methyl sites for hydroxylation is 1. The molecule has 2 aromatic carbocycles. The van der Waals surface area contributed by atoms with Crippen molar-refractivity contribution in [3.05, 3.63) is 65.2 Å². The molecule has 0 fully saturated rings. The monoisotopic (exact) mass is 422 g/mol. The first-order valence-electron chi connectivity index (χ1n) is 8.79. The summed E-state index contributed by atoms with van der Waals surface area (Å²) in [6, 6.07) is 16.3. The van der Waals surface area contributed by atoms with Crippen LogP contribution in [0.2, 0.25) is 5.02 Å². The van der Waals surface area contributed by atoms with E-state index in [1.54, 1.807) is 24.3 Å². The second kappa shape index (κ2) is 10.2. The summed E-state index contributed by atoms with van der Waals surface area (Å²) < 4.78 is 24.4. The number of amides is 2. The Labute approximate surface area is 170 Å². The van der Waals surface area contributed by atoms with Crippen molar-refractivity contribution in [2.75, 3.05) is 30.4 Å². The van der Waals surface area contributed by atoms with Crippen molar-refractivity contribution in [2.24, 2.45) is 0 Å². The number of hydrogen-bond acceptors (Lipinski definition) is 4. The largest absolute Gasteiger partial charge is 0.336 e. The molecule has 8 heteroatoms. The molecule has 2 amide bonds. The molecule has 2 aromatic rings. The Morgan fingerprint density at radius 3 is 2.36 bits per heavy atom. The van der Waals surface area contributed by atoms with Crippen LogP contribution < -0.4 is 5.32 Å². The minimum absolute atomic E-state index is 0.0761. The van der Waals surface area contributed by atoms with Crippen LogP contribution in [0.25, 0.3) is 0 Å². The summed E-state index contributed by atoms with van der Waals surface area (Å²) in [7, 11) is -2.14. The lowest BCUT2D eigenvalue weighted by Crippen LogP contribution is -2.38. The molecule has 6 nitrogen and oxygen atoms in total. The van der Waals surface area contributed by atoms with Gasteiger partial charge in [-0.05, 0) is 30.5 Å². The van der Waals surface area contributed by atoms with Gasteiger partial charge in [0.05, 0.1) is 23.0 Å². The van der Waals surface area contributed by atoms with Gasteiger partial charge in [0.2, 0.25) is 11.8 Å². The number of benzene rings is 2. The molecule has 2 rings (SSSR count). The SMILES string of the molecule is CN(CC(=O)Nc1ccccc1Cl)C(=O)CS(=O)(=O)CCCc1ccccc1. The molecule has 0 atom stereocenters. The molecule has 0 aromatic heterocycles. The Hall–Kier alpha value is -2.38. The molecular formula is C20H23ClN2O4S. The van der Waals surface area contributed by atoms with Gasteiger partial charge in [0.1, 0.15) is 5.75 Å². The highest BCUT2D eigenvalue weighted by Crippen LogP contribution is 2.20. The average molecular weight is 423 g/mol. The number of hydrogen-bond donors (Lipinski definition) is 1. The smallest absolute Gasteiger partial charge is 0.244 e. The third kappa shape index (κ3) is 7.32. The van der Waals surface area contributed by atoms with Crippen LogP contribution in [-0.4, -0.2) is 50.2 Å². The maximum absolute atomic E-state index is 12.2. The lowest BCUT2D eigenvalue weighted by atomic mass is 10.1. The molecule has 0 bridgehead atoms. The molecule has 28 heavy (non-hydrogen) atoms. The zero-order valence-electron chi connectivity index (χ0n) is 15.6. The van der Waals surface area contributed by atoms with E-state index >= 15 is 0 Å². The molecule has 0 spiro atoms. The van der Waals surface area contributed by atoms with E-state index in [0.29, 0.717) is 23.6 Å². The van der Waals surface area contributed by atoms with Crippen molar-refractivity contribution in [1.29, 1.82) is 0 Å². The Kier molecular flexibility index (Phi) is 8.02. The highest BCUT2D eigenvalue weighted by Gasteiger charge is 2.21. The first-order chi connectivity index (χ1) is 13.3. The van der Waals surface area contributed by atoms with Crippen molar-refractivity contribution in [3.8, 4) is 0 Å². The van der Waals surface area contributed by atoms with Crippen molar-refractivity contribution < 1.29 is 18.0 Å². The predicted octanol–water partition coefficient (Wildman–Crippen LogP) is 2.78. The van der Waals surface area contributed by atoms with Crippen LogP contribution in [0.15, 0.2) is 54.6 Å². The van der Waals surface area contributed by atoms with E-state index in [4.69, 9.17) is 11.6 Å². The summed E-state index contributed by atoms with van der Waals surface area (Å²) >= 11 is 5.97. The normalized spacial score (nSPS) is 11.1. The fraction of sp³-hybridized carbons (Fsp3) is 0.300. The number of halogens is 1. The average Bonchev–Trinajstić information content (AvgIpc) is 2.64. The van der Waals surface area contributed by atoms with Gasteiger partial charge in [0, 0.05) is 7.05 Å². The van der Waals surface area contributed by atoms with Crippen LogP contribution in [0.4, 0.5) is 5.69 Å². The summed E-state index contributed by atoms with van der Waals surface area (Å²) in [5.41, 5.74) is 1.49. The third-order valence-electron chi connectivity index (χ3n) is 4.06. The second-order valence-corrected chi connectivity index (χ2v) is 9.05. The zero-order valence-corrected chi connectivity index (χ0v) is 17.2. The fourth-order valence-electron chi connectivity index (χ4n) is 2.57. The van der Waals surface area contributed by atoms with E-state index in [1.165, 1.54) is 7.05 Å². The fourth-order valence-corrected chi connectivity index (χ4v) is 4.08. The van der Waals surface area contributed by atoms with Gasteiger partial charge in [-0.15, -0.1) is 0 Å². The van der Waals surface area contributed by atoms with E-state index in [9.17, 15) is 18.0 Å². The molecule has 1 N–H and O–H groups in total. The maximum Gasteiger partial charge on any atom is 0.244 e. The molecule has 0 saturated carbocycles. The van der Waals surface area contributed by atoms with Crippen molar-refractivity contribution >= 4 is 38.9 Å². The minimum Gasteiger partial charge on any atom is -0.336 e. The highest BCUT2D eigenvalue weighted by atomic mass is 35.5. The summed E-state index contributed by atoms with van der Waals surface area (Å²) in [5.74, 6) is -1.76. The number of nitrogens with zero attached hydrogens (tertiary/aromatic N) is 1. The van der Waals surface area contributed by atoms with E-state index < -0.39 is 27.4 Å². The molecule has 0 aliphatic rings. The number of carbonyl (C=O) groups excluding carboxylic acids is 2. The molecule has 0 unspecified atom stereocenters. The first kappa shape index (κ1) is 21.9. The lowest BCUT2D eigenvalue weighted by molar-refractivity contribution is -0.131. The number of likely N-dealkylation sites (N-methyl/N-ethyl adjacent to an activating group) is 1. The Morgan fingerprint density at radius 2 is 1.68 bits per heavy atom.